The minimum Gasteiger partial charge on any atom is -0.410 e. The number of oxime groups is 1. The topological polar surface area (TPSA) is 87.0 Å². The number of aliphatic hydroxyl groups is 1. The van der Waals surface area contributed by atoms with Gasteiger partial charge in [0.05, 0.1) is 0 Å². The molecule has 17 heavy (non-hydrogen) atoms. The lowest BCUT2D eigenvalue weighted by molar-refractivity contribution is -0.133. The third-order valence-electron chi connectivity index (χ3n) is 2.27. The van der Waals surface area contributed by atoms with Crippen LogP contribution in [0.2, 0.25) is 0 Å². The highest BCUT2D eigenvalue weighted by Gasteiger charge is 2.38. The Kier molecular flexibility index (Phi) is 4.60. The molecule has 5 nitrogen and oxygen atoms in total. The second kappa shape index (κ2) is 4.96. The molecule has 0 aliphatic rings. The van der Waals surface area contributed by atoms with Gasteiger partial charge in [-0.25, -0.2) is 0 Å². The van der Waals surface area contributed by atoms with Gasteiger partial charge in [-0.15, -0.1) is 0 Å². The second-order valence-electron chi connectivity index (χ2n) is 6.08. The molecule has 0 spiro atoms. The molecule has 0 bridgehead atoms. The molecule has 0 radical (unpaired) electrons. The van der Waals surface area contributed by atoms with Crippen LogP contribution in [-0.2, 0) is 9.59 Å². The summed E-state index contributed by atoms with van der Waals surface area (Å²) in [6, 6.07) is 0. The average Bonchev–Trinajstić information content (AvgIpc) is 2.14. The van der Waals surface area contributed by atoms with Crippen LogP contribution in [0.5, 0.6) is 0 Å². The molecule has 0 heterocycles. The number of rotatable bonds is 3. The fourth-order valence-corrected chi connectivity index (χ4v) is 1.14. The maximum Gasteiger partial charge on any atom is 0.188 e. The predicted molar refractivity (Wildman–Crippen MR) is 64.2 cm³/mol. The summed E-state index contributed by atoms with van der Waals surface area (Å²) < 4.78 is 0. The van der Waals surface area contributed by atoms with Crippen molar-refractivity contribution in [3.63, 3.8) is 0 Å². The van der Waals surface area contributed by atoms with Gasteiger partial charge in [0.15, 0.2) is 23.4 Å². The normalized spacial score (nSPS) is 15.6. The number of ketones is 2. The van der Waals surface area contributed by atoms with Crippen molar-refractivity contribution in [3.8, 4) is 0 Å². The fraction of sp³-hybridized carbons (Fsp3) is 0.750. The number of carbonyl (C=O) groups excluding carboxylic acids is 2. The lowest BCUT2D eigenvalue weighted by Crippen LogP contribution is -2.44. The summed E-state index contributed by atoms with van der Waals surface area (Å²) in [6.07, 6.45) is -1.69. The van der Waals surface area contributed by atoms with Gasteiger partial charge < -0.3 is 10.3 Å². The molecule has 0 aromatic heterocycles. The number of nitrogens with zero attached hydrogens (tertiary/aromatic N) is 1. The smallest absolute Gasteiger partial charge is 0.188 e. The molecule has 2 N–H and O–H groups in total. The molecule has 0 aromatic carbocycles. The first kappa shape index (κ1) is 15.8. The summed E-state index contributed by atoms with van der Waals surface area (Å²) in [4.78, 5) is 23.7. The van der Waals surface area contributed by atoms with Crippen molar-refractivity contribution in [2.24, 2.45) is 16.0 Å². The Balaban J connectivity index is 5.21. The summed E-state index contributed by atoms with van der Waals surface area (Å²) >= 11 is 0. The van der Waals surface area contributed by atoms with E-state index in [2.05, 4.69) is 5.16 Å². The highest BCUT2D eigenvalue weighted by Crippen LogP contribution is 2.21. The van der Waals surface area contributed by atoms with E-state index < -0.39 is 34.2 Å². The number of hydrogen-bond donors (Lipinski definition) is 2. The molecule has 0 aliphatic heterocycles. The van der Waals surface area contributed by atoms with Crippen LogP contribution in [0.3, 0.4) is 0 Å². The first-order chi connectivity index (χ1) is 7.42. The molecule has 0 fully saturated rings. The Morgan fingerprint density at radius 1 is 1.00 bits per heavy atom. The molecule has 0 saturated carbocycles. The van der Waals surface area contributed by atoms with Crippen molar-refractivity contribution in [1.82, 2.24) is 0 Å². The SMILES string of the molecule is CC(C)(C)C(=O)C(=NO)C(O)C(=O)C(C)(C)C. The van der Waals surface area contributed by atoms with Crippen molar-refractivity contribution in [1.29, 1.82) is 0 Å². The highest BCUT2D eigenvalue weighted by atomic mass is 16.4. The van der Waals surface area contributed by atoms with Gasteiger partial charge in [-0.2, -0.15) is 0 Å². The van der Waals surface area contributed by atoms with Crippen molar-refractivity contribution < 1.29 is 19.9 Å². The van der Waals surface area contributed by atoms with Crippen LogP contribution in [0.4, 0.5) is 0 Å². The third kappa shape index (κ3) is 3.93. The van der Waals surface area contributed by atoms with Gasteiger partial charge in [-0.1, -0.05) is 46.7 Å². The standard InChI is InChI=1S/C12H21NO4/c1-11(2,3)9(15)7(13-17)8(14)10(16)12(4,5)6/h8,14,17H,1-6H3. The Labute approximate surface area is 102 Å². The first-order valence-corrected chi connectivity index (χ1v) is 5.42. The Bertz CT molecular complexity index is 344. The maximum atomic E-state index is 11.9. The number of aliphatic hydroxyl groups excluding tert-OH is 1. The molecular formula is C12H21NO4. The van der Waals surface area contributed by atoms with E-state index in [-0.39, 0.29) is 0 Å². The maximum absolute atomic E-state index is 11.9. The lowest BCUT2D eigenvalue weighted by atomic mass is 9.81. The molecule has 1 atom stereocenters. The van der Waals surface area contributed by atoms with E-state index >= 15 is 0 Å². The molecule has 0 rings (SSSR count). The second-order valence-corrected chi connectivity index (χ2v) is 6.08. The summed E-state index contributed by atoms with van der Waals surface area (Å²) in [7, 11) is 0. The molecule has 0 aliphatic carbocycles. The Hall–Kier alpha value is -1.23. The van der Waals surface area contributed by atoms with Crippen molar-refractivity contribution in [2.45, 2.75) is 47.6 Å². The van der Waals surface area contributed by atoms with E-state index in [1.165, 1.54) is 0 Å². The van der Waals surface area contributed by atoms with Crippen molar-refractivity contribution >= 4 is 17.3 Å². The number of hydrogen-bond acceptors (Lipinski definition) is 5. The summed E-state index contributed by atoms with van der Waals surface area (Å²) in [5.41, 5.74) is -2.13. The fourth-order valence-electron chi connectivity index (χ4n) is 1.14. The molecule has 0 amide bonds. The van der Waals surface area contributed by atoms with E-state index in [0.717, 1.165) is 0 Å². The zero-order valence-corrected chi connectivity index (χ0v) is 11.2. The zero-order chi connectivity index (χ0) is 14.0. The van der Waals surface area contributed by atoms with Crippen LogP contribution in [0.1, 0.15) is 41.5 Å². The van der Waals surface area contributed by atoms with Crippen LogP contribution in [0, 0.1) is 10.8 Å². The van der Waals surface area contributed by atoms with E-state index in [4.69, 9.17) is 5.21 Å². The average molecular weight is 243 g/mol. The first-order valence-electron chi connectivity index (χ1n) is 5.42. The molecule has 98 valence electrons. The number of Topliss-reactive ketones (excluding diaryl/α,β-unsaturated/α-hetero) is 2. The van der Waals surface area contributed by atoms with Crippen LogP contribution in [0.25, 0.3) is 0 Å². The van der Waals surface area contributed by atoms with E-state index in [1.54, 1.807) is 41.5 Å². The zero-order valence-electron chi connectivity index (χ0n) is 11.2. The summed E-state index contributed by atoms with van der Waals surface area (Å²) in [6.45, 7) is 9.72. The minimum absolute atomic E-state index is 0.502. The Morgan fingerprint density at radius 3 is 1.65 bits per heavy atom. The third-order valence-corrected chi connectivity index (χ3v) is 2.27. The van der Waals surface area contributed by atoms with Crippen LogP contribution < -0.4 is 0 Å². The van der Waals surface area contributed by atoms with Crippen molar-refractivity contribution in [3.05, 3.63) is 0 Å². The number of carbonyl (C=O) groups is 2. The predicted octanol–water partition coefficient (Wildman–Crippen LogP) is 1.41. The van der Waals surface area contributed by atoms with E-state index in [9.17, 15) is 14.7 Å². The summed E-state index contributed by atoms with van der Waals surface area (Å²) in [5, 5.41) is 21.4. The van der Waals surface area contributed by atoms with Gasteiger partial charge in [0.1, 0.15) is 0 Å². The van der Waals surface area contributed by atoms with Crippen LogP contribution in [0.15, 0.2) is 5.16 Å². The van der Waals surface area contributed by atoms with Crippen molar-refractivity contribution in [2.75, 3.05) is 0 Å². The van der Waals surface area contributed by atoms with Crippen LogP contribution in [-0.4, -0.2) is 33.7 Å². The van der Waals surface area contributed by atoms with Gasteiger partial charge in [-0.05, 0) is 0 Å². The van der Waals surface area contributed by atoms with E-state index in [1.807, 2.05) is 0 Å². The monoisotopic (exact) mass is 243 g/mol. The van der Waals surface area contributed by atoms with Gasteiger partial charge in [0, 0.05) is 10.8 Å². The lowest BCUT2D eigenvalue weighted by Gasteiger charge is -2.24. The van der Waals surface area contributed by atoms with Gasteiger partial charge in [0.25, 0.3) is 0 Å². The van der Waals surface area contributed by atoms with E-state index in [0.29, 0.717) is 0 Å². The molecule has 5 heteroatoms. The summed E-state index contributed by atoms with van der Waals surface area (Å²) in [5.74, 6) is -1.10. The minimum atomic E-state index is -1.69. The van der Waals surface area contributed by atoms with Gasteiger partial charge in [0.2, 0.25) is 0 Å². The molecule has 0 aromatic rings. The quantitative estimate of drug-likeness (QED) is 0.445. The van der Waals surface area contributed by atoms with Gasteiger partial charge >= 0.3 is 0 Å². The molecule has 1 unspecified atom stereocenters. The highest BCUT2D eigenvalue weighted by molar-refractivity contribution is 6.46. The molecule has 0 saturated heterocycles. The molecular weight excluding hydrogens is 222 g/mol. The Morgan fingerprint density at radius 2 is 1.41 bits per heavy atom. The largest absolute Gasteiger partial charge is 0.410 e. The van der Waals surface area contributed by atoms with Gasteiger partial charge in [-0.3, -0.25) is 9.59 Å². The van der Waals surface area contributed by atoms with Crippen LogP contribution >= 0.6 is 0 Å².